The van der Waals surface area contributed by atoms with Crippen molar-refractivity contribution in [3.8, 4) is 34.0 Å². The Morgan fingerprint density at radius 3 is 2.50 bits per heavy atom. The van der Waals surface area contributed by atoms with Crippen molar-refractivity contribution in [1.82, 2.24) is 24.8 Å². The molecule has 0 atom stereocenters. The number of fused-ring (bicyclic) bond motifs is 2. The summed E-state index contributed by atoms with van der Waals surface area (Å²) >= 11 is 6.43. The zero-order valence-corrected chi connectivity index (χ0v) is 24.0. The van der Waals surface area contributed by atoms with Crippen molar-refractivity contribution in [1.29, 1.82) is 0 Å². The van der Waals surface area contributed by atoms with Gasteiger partial charge in [-0.25, -0.2) is 9.97 Å². The van der Waals surface area contributed by atoms with E-state index in [4.69, 9.17) is 26.1 Å². The van der Waals surface area contributed by atoms with Gasteiger partial charge >= 0.3 is 0 Å². The fourth-order valence-electron chi connectivity index (χ4n) is 4.69. The molecule has 0 radical (unpaired) electrons. The molecule has 1 aliphatic rings. The largest absolute Gasteiger partial charge is 0.486 e. The van der Waals surface area contributed by atoms with Crippen LogP contribution in [-0.2, 0) is 17.9 Å². The lowest BCUT2D eigenvalue weighted by atomic mass is 10.0. The highest BCUT2D eigenvalue weighted by atomic mass is 35.5. The summed E-state index contributed by atoms with van der Waals surface area (Å²) in [4.78, 5) is 38.4. The van der Waals surface area contributed by atoms with Crippen molar-refractivity contribution in [2.75, 3.05) is 27.3 Å². The predicted octanol–water partition coefficient (Wildman–Crippen LogP) is 4.53. The number of nitrogens with zero attached hydrogens (tertiary/aromatic N) is 4. The number of benzene rings is 2. The van der Waals surface area contributed by atoms with E-state index in [1.165, 1.54) is 4.57 Å². The van der Waals surface area contributed by atoms with Gasteiger partial charge in [-0.2, -0.15) is 0 Å². The van der Waals surface area contributed by atoms with E-state index in [2.05, 4.69) is 15.2 Å². The zero-order valence-electron chi connectivity index (χ0n) is 23.2. The molecule has 0 fully saturated rings. The maximum absolute atomic E-state index is 14.0. The molecule has 1 amide bonds. The number of rotatable bonds is 6. The second-order valence-electron chi connectivity index (χ2n) is 11.2. The van der Waals surface area contributed by atoms with E-state index in [1.54, 1.807) is 30.5 Å². The third-order valence-electron chi connectivity index (χ3n) is 6.22. The molecule has 0 spiro atoms. The summed E-state index contributed by atoms with van der Waals surface area (Å²) in [6.07, 6.45) is 1.68. The summed E-state index contributed by atoms with van der Waals surface area (Å²) in [5.41, 5.74) is 2.66. The van der Waals surface area contributed by atoms with E-state index in [0.29, 0.717) is 53.1 Å². The number of carbonyl (C=O) groups excluding carboxylic acids is 1. The fourth-order valence-corrected chi connectivity index (χ4v) is 4.95. The summed E-state index contributed by atoms with van der Waals surface area (Å²) in [6.45, 7) is 7.06. The average Bonchev–Trinajstić information content (AvgIpc) is 2.88. The Labute approximate surface area is 237 Å². The first-order valence-electron chi connectivity index (χ1n) is 13.0. The van der Waals surface area contributed by atoms with E-state index in [-0.39, 0.29) is 23.7 Å². The summed E-state index contributed by atoms with van der Waals surface area (Å²) < 4.78 is 12.8. The molecule has 0 aliphatic carbocycles. The third kappa shape index (κ3) is 6.11. The van der Waals surface area contributed by atoms with Crippen molar-refractivity contribution in [3.05, 3.63) is 69.6 Å². The SMILES string of the molecule is CN(C)Cc1cc(Cl)cc(-c2cnc3nc(-c4ccc5c(c4)OCCO5)n(CC(=O)NC(C)(C)C)c(=O)c3c2)c1. The van der Waals surface area contributed by atoms with Gasteiger partial charge in [-0.1, -0.05) is 11.6 Å². The zero-order chi connectivity index (χ0) is 28.6. The van der Waals surface area contributed by atoms with Gasteiger partial charge in [0.25, 0.3) is 5.56 Å². The van der Waals surface area contributed by atoms with Crippen molar-refractivity contribution < 1.29 is 14.3 Å². The smallest absolute Gasteiger partial charge is 0.263 e. The number of nitrogens with one attached hydrogen (secondary N) is 1. The van der Waals surface area contributed by atoms with Crippen molar-refractivity contribution >= 4 is 28.5 Å². The van der Waals surface area contributed by atoms with Gasteiger partial charge in [-0.05, 0) is 88.5 Å². The summed E-state index contributed by atoms with van der Waals surface area (Å²) in [6, 6.07) is 12.9. The molecule has 2 aromatic carbocycles. The van der Waals surface area contributed by atoms with Crippen LogP contribution in [0.25, 0.3) is 33.5 Å². The number of hydrogen-bond donors (Lipinski definition) is 1. The minimum absolute atomic E-state index is 0.211. The molecule has 208 valence electrons. The molecule has 0 unspecified atom stereocenters. The van der Waals surface area contributed by atoms with E-state index in [0.717, 1.165) is 16.7 Å². The number of halogens is 1. The number of carbonyl (C=O) groups is 1. The van der Waals surface area contributed by atoms with Gasteiger partial charge in [0, 0.05) is 34.4 Å². The van der Waals surface area contributed by atoms with Gasteiger partial charge in [-0.3, -0.25) is 14.2 Å². The van der Waals surface area contributed by atoms with Crippen LogP contribution in [0.1, 0.15) is 26.3 Å². The average molecular weight is 562 g/mol. The Bertz CT molecular complexity index is 1660. The van der Waals surface area contributed by atoms with Crippen molar-refractivity contribution in [2.24, 2.45) is 0 Å². The first-order chi connectivity index (χ1) is 19.0. The predicted molar refractivity (Wildman–Crippen MR) is 156 cm³/mol. The molecule has 0 saturated heterocycles. The number of ether oxygens (including phenoxy) is 2. The molecule has 0 saturated carbocycles. The van der Waals surface area contributed by atoms with Crippen LogP contribution in [-0.4, -0.2) is 58.2 Å². The second kappa shape index (κ2) is 10.9. The first-order valence-corrected chi connectivity index (χ1v) is 13.4. The maximum Gasteiger partial charge on any atom is 0.263 e. The molecule has 0 bridgehead atoms. The van der Waals surface area contributed by atoms with Crippen LogP contribution in [0.2, 0.25) is 5.02 Å². The van der Waals surface area contributed by atoms with Crippen LogP contribution in [0, 0.1) is 0 Å². The maximum atomic E-state index is 14.0. The second-order valence-corrected chi connectivity index (χ2v) is 11.6. The van der Waals surface area contributed by atoms with Crippen molar-refractivity contribution in [3.63, 3.8) is 0 Å². The molecular formula is C30H32ClN5O4. The van der Waals surface area contributed by atoms with Crippen LogP contribution in [0.15, 0.2) is 53.5 Å². The minimum Gasteiger partial charge on any atom is -0.486 e. The van der Waals surface area contributed by atoms with Gasteiger partial charge in [0.15, 0.2) is 17.1 Å². The Morgan fingerprint density at radius 1 is 1.02 bits per heavy atom. The Morgan fingerprint density at radius 2 is 1.77 bits per heavy atom. The molecule has 4 aromatic rings. The lowest BCUT2D eigenvalue weighted by molar-refractivity contribution is -0.123. The summed E-state index contributed by atoms with van der Waals surface area (Å²) in [5, 5.41) is 3.83. The monoisotopic (exact) mass is 561 g/mol. The molecule has 1 aliphatic heterocycles. The molecular weight excluding hydrogens is 530 g/mol. The van der Waals surface area contributed by atoms with E-state index in [1.807, 2.05) is 53.1 Å². The van der Waals surface area contributed by atoms with Crippen LogP contribution in [0.4, 0.5) is 0 Å². The number of pyridine rings is 1. The highest BCUT2D eigenvalue weighted by molar-refractivity contribution is 6.31. The van der Waals surface area contributed by atoms with Crippen LogP contribution in [0.3, 0.4) is 0 Å². The molecule has 2 aromatic heterocycles. The molecule has 1 N–H and O–H groups in total. The quantitative estimate of drug-likeness (QED) is 0.369. The number of aromatic nitrogens is 3. The molecule has 40 heavy (non-hydrogen) atoms. The van der Waals surface area contributed by atoms with Crippen molar-refractivity contribution in [2.45, 2.75) is 39.4 Å². The summed E-state index contributed by atoms with van der Waals surface area (Å²) in [5.74, 6) is 1.19. The van der Waals surface area contributed by atoms with Crippen LogP contribution < -0.4 is 20.3 Å². The Balaban J connectivity index is 1.65. The molecule has 10 heteroatoms. The van der Waals surface area contributed by atoms with Gasteiger partial charge < -0.3 is 19.7 Å². The van der Waals surface area contributed by atoms with Gasteiger partial charge in [0.05, 0.1) is 5.39 Å². The summed E-state index contributed by atoms with van der Waals surface area (Å²) in [7, 11) is 3.97. The van der Waals surface area contributed by atoms with Gasteiger partial charge in [0.1, 0.15) is 25.6 Å². The van der Waals surface area contributed by atoms with Crippen LogP contribution >= 0.6 is 11.6 Å². The fraction of sp³-hybridized carbons (Fsp3) is 0.333. The highest BCUT2D eigenvalue weighted by Gasteiger charge is 2.21. The number of amides is 1. The standard InChI is InChI=1S/C30H32ClN5O4/c1-30(2,3)34-26(37)17-36-28(19-6-7-24-25(14-19)40-9-8-39-24)33-27-23(29(36)38)13-21(15-32-27)20-10-18(16-35(4)5)11-22(31)12-20/h6-7,10-15H,8-9,16-17H2,1-5H3,(H,34,37). The number of hydrogen-bond acceptors (Lipinski definition) is 7. The lowest BCUT2D eigenvalue weighted by Crippen LogP contribution is -2.43. The highest BCUT2D eigenvalue weighted by Crippen LogP contribution is 2.34. The normalized spacial score (nSPS) is 13.1. The van der Waals surface area contributed by atoms with Gasteiger partial charge in [-0.15, -0.1) is 0 Å². The topological polar surface area (TPSA) is 98.6 Å². The lowest BCUT2D eigenvalue weighted by Gasteiger charge is -2.22. The molecule has 9 nitrogen and oxygen atoms in total. The third-order valence-corrected chi connectivity index (χ3v) is 6.43. The molecule has 3 heterocycles. The van der Waals surface area contributed by atoms with Crippen LogP contribution in [0.5, 0.6) is 11.5 Å². The van der Waals surface area contributed by atoms with E-state index < -0.39 is 5.54 Å². The van der Waals surface area contributed by atoms with Gasteiger partial charge in [0.2, 0.25) is 5.91 Å². The first kappa shape index (κ1) is 27.6. The Kier molecular flexibility index (Phi) is 7.53. The minimum atomic E-state index is -0.465. The van der Waals surface area contributed by atoms with E-state index >= 15 is 0 Å². The molecule has 5 rings (SSSR count). The van der Waals surface area contributed by atoms with E-state index in [9.17, 15) is 9.59 Å². The Hall–Kier alpha value is -3.95.